The van der Waals surface area contributed by atoms with Crippen molar-refractivity contribution in [1.82, 2.24) is 0 Å². The molecule has 4 aliphatic rings. The summed E-state index contributed by atoms with van der Waals surface area (Å²) in [6.07, 6.45) is 13.3. The van der Waals surface area contributed by atoms with E-state index in [0.717, 1.165) is 24.0 Å². The maximum absolute atomic E-state index is 12.1. The summed E-state index contributed by atoms with van der Waals surface area (Å²) in [6.45, 7) is 13.4. The molecule has 0 aromatic carbocycles. The second-order valence-corrected chi connectivity index (χ2v) is 11.5. The Hall–Kier alpha value is -1.45. The third kappa shape index (κ3) is 3.18. The fourth-order valence-corrected chi connectivity index (χ4v) is 6.98. The van der Waals surface area contributed by atoms with Crippen LogP contribution in [0.3, 0.4) is 0 Å². The van der Waals surface area contributed by atoms with Gasteiger partial charge in [0, 0.05) is 11.8 Å². The molecule has 0 heterocycles. The molecule has 1 fully saturated rings. The van der Waals surface area contributed by atoms with Crippen LogP contribution in [0.15, 0.2) is 47.1 Å². The molecule has 3 heteroatoms. The molecule has 2 N–H and O–H groups in total. The van der Waals surface area contributed by atoms with Crippen LogP contribution >= 0.6 is 0 Å². The van der Waals surface area contributed by atoms with Gasteiger partial charge in [0.05, 0.1) is 6.10 Å². The third-order valence-corrected chi connectivity index (χ3v) is 9.55. The predicted molar refractivity (Wildman–Crippen MR) is 125 cm³/mol. The minimum absolute atomic E-state index is 0.113. The number of allylic oxidation sites excluding steroid dienone is 5. The van der Waals surface area contributed by atoms with Gasteiger partial charge in [0.25, 0.3) is 0 Å². The highest BCUT2D eigenvalue weighted by Gasteiger charge is 2.64. The fraction of sp³-hybridized carbons (Fsp3) is 0.679. The van der Waals surface area contributed by atoms with Crippen molar-refractivity contribution in [3.05, 3.63) is 47.1 Å². The Kier molecular flexibility index (Phi) is 5.54. The summed E-state index contributed by atoms with van der Waals surface area (Å²) < 4.78 is 0. The van der Waals surface area contributed by atoms with Gasteiger partial charge in [-0.3, -0.25) is 4.79 Å². The summed E-state index contributed by atoms with van der Waals surface area (Å²) in [5.74, 6) is 2.18. The number of aliphatic hydroxyl groups excluding tert-OH is 1. The average Bonchev–Trinajstić information content (AvgIpc) is 3.04. The van der Waals surface area contributed by atoms with Gasteiger partial charge in [-0.2, -0.15) is 0 Å². The predicted octanol–water partition coefficient (Wildman–Crippen LogP) is 5.54. The van der Waals surface area contributed by atoms with Crippen molar-refractivity contribution in [3.63, 3.8) is 0 Å². The van der Waals surface area contributed by atoms with E-state index >= 15 is 0 Å². The Morgan fingerprint density at radius 1 is 1.10 bits per heavy atom. The Morgan fingerprint density at radius 3 is 2.48 bits per heavy atom. The van der Waals surface area contributed by atoms with Crippen molar-refractivity contribution in [2.24, 2.45) is 34.5 Å². The van der Waals surface area contributed by atoms with Gasteiger partial charge in [0.1, 0.15) is 5.60 Å². The van der Waals surface area contributed by atoms with Crippen LogP contribution in [0.5, 0.6) is 0 Å². The molecule has 4 rings (SSSR count). The van der Waals surface area contributed by atoms with Gasteiger partial charge in [-0.25, -0.2) is 0 Å². The largest absolute Gasteiger partial charge is 0.390 e. The van der Waals surface area contributed by atoms with E-state index < -0.39 is 17.1 Å². The first-order chi connectivity index (χ1) is 14.4. The molecule has 0 saturated heterocycles. The van der Waals surface area contributed by atoms with Gasteiger partial charge in [0.2, 0.25) is 0 Å². The number of carbonyl (C=O) groups excluding carboxylic acids is 1. The van der Waals surface area contributed by atoms with Crippen LogP contribution in [-0.4, -0.2) is 27.7 Å². The van der Waals surface area contributed by atoms with Crippen molar-refractivity contribution in [2.45, 2.75) is 85.4 Å². The summed E-state index contributed by atoms with van der Waals surface area (Å²) >= 11 is 0. The van der Waals surface area contributed by atoms with E-state index in [1.807, 2.05) is 19.1 Å². The molecule has 0 aliphatic heterocycles. The zero-order chi connectivity index (χ0) is 22.8. The molecule has 0 unspecified atom stereocenters. The highest BCUT2D eigenvalue weighted by atomic mass is 16.3. The standard InChI is InChI=1S/C28H40O3/c1-17(2)18(3)7-8-19(4)22-11-12-23-24-10-9-20-15-21(29)13-14-27(20,6)28(24,31)25(30)16-26(22,23)5/h7-10,15,17-19,22,25,30-31H,11-14,16H2,1-6H3/t18-,19+,22+,25+,26+,27-,28-/m0/s1. The normalized spacial score (nSPS) is 41.8. The van der Waals surface area contributed by atoms with Gasteiger partial charge < -0.3 is 10.2 Å². The Labute approximate surface area is 188 Å². The average molecular weight is 425 g/mol. The van der Waals surface area contributed by atoms with Gasteiger partial charge >= 0.3 is 0 Å². The van der Waals surface area contributed by atoms with E-state index in [0.29, 0.717) is 42.9 Å². The number of aliphatic hydroxyl groups is 2. The van der Waals surface area contributed by atoms with E-state index in [9.17, 15) is 15.0 Å². The molecule has 1 saturated carbocycles. The number of hydrogen-bond donors (Lipinski definition) is 2. The van der Waals surface area contributed by atoms with Crippen molar-refractivity contribution in [2.75, 3.05) is 0 Å². The molecule has 4 aliphatic carbocycles. The minimum Gasteiger partial charge on any atom is -0.390 e. The molecule has 0 bridgehead atoms. The van der Waals surface area contributed by atoms with Crippen molar-refractivity contribution < 1.29 is 15.0 Å². The highest BCUT2D eigenvalue weighted by Crippen LogP contribution is 2.65. The molecular formula is C28H40O3. The van der Waals surface area contributed by atoms with E-state index in [1.165, 1.54) is 5.57 Å². The van der Waals surface area contributed by atoms with Crippen LogP contribution in [0.25, 0.3) is 0 Å². The molecule has 0 radical (unpaired) electrons. The number of hydrogen-bond acceptors (Lipinski definition) is 3. The number of ketones is 1. The summed E-state index contributed by atoms with van der Waals surface area (Å²) in [6, 6.07) is 0. The van der Waals surface area contributed by atoms with Gasteiger partial charge in [-0.15, -0.1) is 0 Å². The van der Waals surface area contributed by atoms with E-state index in [2.05, 4.69) is 46.8 Å². The molecular weight excluding hydrogens is 384 g/mol. The first-order valence-electron chi connectivity index (χ1n) is 12.2. The summed E-state index contributed by atoms with van der Waals surface area (Å²) in [7, 11) is 0. The molecule has 170 valence electrons. The quantitative estimate of drug-likeness (QED) is 0.582. The number of rotatable bonds is 4. The first kappa shape index (κ1) is 22.7. The molecule has 0 aromatic heterocycles. The Bertz CT molecular complexity index is 890. The first-order valence-corrected chi connectivity index (χ1v) is 12.2. The monoisotopic (exact) mass is 424 g/mol. The van der Waals surface area contributed by atoms with E-state index in [4.69, 9.17) is 0 Å². The lowest BCUT2D eigenvalue weighted by molar-refractivity contribution is -0.143. The molecule has 7 atom stereocenters. The van der Waals surface area contributed by atoms with E-state index in [1.54, 1.807) is 6.08 Å². The Balaban J connectivity index is 1.75. The van der Waals surface area contributed by atoms with Crippen LogP contribution in [0, 0.1) is 34.5 Å². The fourth-order valence-electron chi connectivity index (χ4n) is 6.98. The van der Waals surface area contributed by atoms with Crippen molar-refractivity contribution >= 4 is 5.78 Å². The van der Waals surface area contributed by atoms with Crippen LogP contribution in [0.1, 0.15) is 73.6 Å². The Morgan fingerprint density at radius 2 is 1.81 bits per heavy atom. The topological polar surface area (TPSA) is 57.5 Å². The van der Waals surface area contributed by atoms with Gasteiger partial charge in [-0.05, 0) is 72.0 Å². The van der Waals surface area contributed by atoms with Gasteiger partial charge in [-0.1, -0.05) is 71.4 Å². The van der Waals surface area contributed by atoms with Crippen LogP contribution in [-0.2, 0) is 4.79 Å². The lowest BCUT2D eigenvalue weighted by Gasteiger charge is -2.58. The molecule has 0 spiro atoms. The zero-order valence-electron chi connectivity index (χ0n) is 20.1. The second-order valence-electron chi connectivity index (χ2n) is 11.5. The summed E-state index contributed by atoms with van der Waals surface area (Å²) in [5.41, 5.74) is 1.08. The number of carbonyl (C=O) groups is 1. The number of fused-ring (bicyclic) bond motifs is 4. The summed E-state index contributed by atoms with van der Waals surface area (Å²) in [5, 5.41) is 23.6. The maximum atomic E-state index is 12.1. The second kappa shape index (κ2) is 7.56. The minimum atomic E-state index is -1.32. The molecule has 0 aromatic rings. The lowest BCUT2D eigenvalue weighted by Crippen LogP contribution is -2.62. The molecule has 0 amide bonds. The molecule has 3 nitrogen and oxygen atoms in total. The smallest absolute Gasteiger partial charge is 0.156 e. The molecule has 31 heavy (non-hydrogen) atoms. The van der Waals surface area contributed by atoms with Crippen LogP contribution in [0.4, 0.5) is 0 Å². The van der Waals surface area contributed by atoms with Crippen LogP contribution in [0.2, 0.25) is 0 Å². The maximum Gasteiger partial charge on any atom is 0.156 e. The van der Waals surface area contributed by atoms with Gasteiger partial charge in [0.15, 0.2) is 5.78 Å². The van der Waals surface area contributed by atoms with Crippen molar-refractivity contribution in [1.29, 1.82) is 0 Å². The van der Waals surface area contributed by atoms with E-state index in [-0.39, 0.29) is 11.2 Å². The zero-order valence-corrected chi connectivity index (χ0v) is 20.1. The highest BCUT2D eigenvalue weighted by molar-refractivity contribution is 5.92. The SMILES string of the molecule is CC(C)[C@@H](C)C=C[C@@H](C)[C@H]1CCC2=C3C=CC4=CC(=O)CC[C@]4(C)[C@@]3(O)[C@H](O)C[C@@]21C. The third-order valence-electron chi connectivity index (χ3n) is 9.55. The van der Waals surface area contributed by atoms with Crippen LogP contribution < -0.4 is 0 Å². The van der Waals surface area contributed by atoms with Crippen molar-refractivity contribution in [3.8, 4) is 0 Å². The summed E-state index contributed by atoms with van der Waals surface area (Å²) in [4.78, 5) is 12.0. The lowest BCUT2D eigenvalue weighted by atomic mass is 9.50.